The number of hydrogen-bond donors (Lipinski definition) is 0. The van der Waals surface area contributed by atoms with Gasteiger partial charge in [-0.25, -0.2) is 4.79 Å². The maximum atomic E-state index is 11.9. The fourth-order valence-corrected chi connectivity index (χ4v) is 3.63. The van der Waals surface area contributed by atoms with Gasteiger partial charge in [0.25, 0.3) is 0 Å². The Kier molecular flexibility index (Phi) is 25.1. The minimum Gasteiger partial charge on any atom is -0.434 e. The molecule has 7 heteroatoms. The molecule has 0 aromatic rings. The molecule has 216 valence electrons. The first-order valence-corrected chi connectivity index (χ1v) is 14.8. The van der Waals surface area contributed by atoms with Crippen molar-refractivity contribution in [2.45, 2.75) is 143 Å². The van der Waals surface area contributed by atoms with Gasteiger partial charge in [0.2, 0.25) is 0 Å². The van der Waals surface area contributed by atoms with Gasteiger partial charge in [-0.3, -0.25) is 0 Å². The molecule has 36 heavy (non-hydrogen) atoms. The fourth-order valence-electron chi connectivity index (χ4n) is 3.63. The van der Waals surface area contributed by atoms with Crippen molar-refractivity contribution < 1.29 is 33.2 Å². The van der Waals surface area contributed by atoms with Crippen LogP contribution in [0.4, 0.5) is 4.79 Å². The third-order valence-electron chi connectivity index (χ3n) is 6.34. The quantitative estimate of drug-likeness (QED) is 0.0868. The molecule has 0 rings (SSSR count). The van der Waals surface area contributed by atoms with Crippen molar-refractivity contribution in [1.82, 2.24) is 0 Å². The van der Waals surface area contributed by atoms with Crippen molar-refractivity contribution in [3.05, 3.63) is 0 Å². The first kappa shape index (κ1) is 35.1. The smallest absolute Gasteiger partial charge is 0.434 e. The van der Waals surface area contributed by atoms with Crippen molar-refractivity contribution in [2.24, 2.45) is 0 Å². The van der Waals surface area contributed by atoms with E-state index in [1.807, 2.05) is 0 Å². The van der Waals surface area contributed by atoms with Crippen molar-refractivity contribution in [2.75, 3.05) is 39.6 Å². The summed E-state index contributed by atoms with van der Waals surface area (Å²) in [5, 5.41) is 0. The van der Waals surface area contributed by atoms with Gasteiger partial charge in [-0.2, -0.15) is 0 Å². The Labute approximate surface area is 222 Å². The maximum Gasteiger partial charge on any atom is 0.508 e. The summed E-state index contributed by atoms with van der Waals surface area (Å²) in [4.78, 5) is 11.9. The van der Waals surface area contributed by atoms with Crippen LogP contribution in [0, 0.1) is 0 Å². The molecule has 0 N–H and O–H groups in total. The van der Waals surface area contributed by atoms with Gasteiger partial charge in [0.05, 0.1) is 50.8 Å². The largest absolute Gasteiger partial charge is 0.508 e. The second kappa shape index (κ2) is 25.7. The van der Waals surface area contributed by atoms with E-state index in [2.05, 4.69) is 41.5 Å². The van der Waals surface area contributed by atoms with Gasteiger partial charge in [0.1, 0.15) is 0 Å². The summed E-state index contributed by atoms with van der Waals surface area (Å²) < 4.78 is 34.3. The van der Waals surface area contributed by atoms with Crippen LogP contribution in [-0.2, 0) is 28.4 Å². The first-order valence-electron chi connectivity index (χ1n) is 14.8. The predicted octanol–water partition coefficient (Wildman–Crippen LogP) is 7.48. The molecule has 0 amide bonds. The van der Waals surface area contributed by atoms with Crippen molar-refractivity contribution in [3.63, 3.8) is 0 Å². The zero-order chi connectivity index (χ0) is 26.9. The summed E-state index contributed by atoms with van der Waals surface area (Å²) in [5.41, 5.74) is 0. The van der Waals surface area contributed by atoms with Gasteiger partial charge >= 0.3 is 6.16 Å². The predicted molar refractivity (Wildman–Crippen MR) is 146 cm³/mol. The molecule has 0 aliphatic heterocycles. The molecule has 7 nitrogen and oxygen atoms in total. The van der Waals surface area contributed by atoms with Gasteiger partial charge in [0.15, 0.2) is 0 Å². The van der Waals surface area contributed by atoms with Crippen LogP contribution in [0.5, 0.6) is 0 Å². The zero-order valence-electron chi connectivity index (χ0n) is 24.4. The van der Waals surface area contributed by atoms with E-state index in [0.29, 0.717) is 26.4 Å². The summed E-state index contributed by atoms with van der Waals surface area (Å²) in [5.74, 6) is 0. The molecule has 0 spiro atoms. The maximum absolute atomic E-state index is 11.9. The molecule has 0 fully saturated rings. The van der Waals surface area contributed by atoms with E-state index >= 15 is 0 Å². The van der Waals surface area contributed by atoms with E-state index in [9.17, 15) is 4.79 Å². The number of hydrogen-bond acceptors (Lipinski definition) is 7. The molecule has 4 atom stereocenters. The van der Waals surface area contributed by atoms with Crippen molar-refractivity contribution in [3.8, 4) is 0 Å². The number of ether oxygens (including phenoxy) is 6. The molecular weight excluding hydrogens is 460 g/mol. The highest BCUT2D eigenvalue weighted by atomic mass is 16.7. The van der Waals surface area contributed by atoms with E-state index in [0.717, 1.165) is 90.3 Å². The number of carbonyl (C=O) groups is 1. The highest BCUT2D eigenvalue weighted by Gasteiger charge is 2.14. The summed E-state index contributed by atoms with van der Waals surface area (Å²) in [7, 11) is 0. The van der Waals surface area contributed by atoms with Crippen LogP contribution < -0.4 is 0 Å². The molecule has 0 radical (unpaired) electrons. The number of carbonyl (C=O) groups excluding carboxylic acids is 1. The molecule has 0 aromatic heterocycles. The third-order valence-corrected chi connectivity index (χ3v) is 6.34. The van der Waals surface area contributed by atoms with Gasteiger partial charge in [-0.15, -0.1) is 0 Å². The normalized spacial score (nSPS) is 14.8. The van der Waals surface area contributed by atoms with Gasteiger partial charge < -0.3 is 28.4 Å². The molecule has 0 bridgehead atoms. The molecule has 0 aliphatic carbocycles. The van der Waals surface area contributed by atoms with E-state index < -0.39 is 6.16 Å². The second-order valence-corrected chi connectivity index (χ2v) is 9.47. The van der Waals surface area contributed by atoms with Crippen LogP contribution >= 0.6 is 0 Å². The Morgan fingerprint density at radius 1 is 0.500 bits per heavy atom. The van der Waals surface area contributed by atoms with Crippen LogP contribution in [0.1, 0.15) is 119 Å². The Balaban J connectivity index is 3.92. The zero-order valence-corrected chi connectivity index (χ0v) is 24.4. The van der Waals surface area contributed by atoms with Gasteiger partial charge in [0, 0.05) is 13.2 Å². The molecule has 0 saturated heterocycles. The van der Waals surface area contributed by atoms with E-state index in [-0.39, 0.29) is 24.4 Å². The standard InChI is InChI=1S/C29H58O7/c1-7-13-19-31-27(11-5)23-35-25(9-3)17-15-21-33-29(30)34-22-16-18-26(10-4)36-24-28(12-6)32-20-14-8-2/h25-28H,7-24H2,1-6H3. The van der Waals surface area contributed by atoms with Gasteiger partial charge in [-0.05, 0) is 64.2 Å². The summed E-state index contributed by atoms with van der Waals surface area (Å²) in [6.45, 7) is 16.3. The van der Waals surface area contributed by atoms with Crippen LogP contribution in [0.2, 0.25) is 0 Å². The van der Waals surface area contributed by atoms with E-state index in [1.165, 1.54) is 0 Å². The molecule has 0 saturated carbocycles. The lowest BCUT2D eigenvalue weighted by Crippen LogP contribution is -2.24. The lowest BCUT2D eigenvalue weighted by atomic mass is 10.1. The summed E-state index contributed by atoms with van der Waals surface area (Å²) in [6.07, 6.45) is 11.5. The van der Waals surface area contributed by atoms with Crippen LogP contribution in [-0.4, -0.2) is 70.2 Å². The lowest BCUT2D eigenvalue weighted by molar-refractivity contribution is -0.0515. The minimum atomic E-state index is -0.594. The van der Waals surface area contributed by atoms with E-state index in [1.54, 1.807) is 0 Å². The summed E-state index contributed by atoms with van der Waals surface area (Å²) in [6, 6.07) is 0. The Bertz CT molecular complexity index is 435. The molecule has 4 unspecified atom stereocenters. The molecular formula is C29H58O7. The van der Waals surface area contributed by atoms with Crippen LogP contribution in [0.3, 0.4) is 0 Å². The topological polar surface area (TPSA) is 72.5 Å². The fraction of sp³-hybridized carbons (Fsp3) is 0.966. The average molecular weight is 519 g/mol. The Morgan fingerprint density at radius 3 is 1.22 bits per heavy atom. The minimum absolute atomic E-state index is 0.154. The highest BCUT2D eigenvalue weighted by molar-refractivity contribution is 5.59. The van der Waals surface area contributed by atoms with Crippen molar-refractivity contribution in [1.29, 1.82) is 0 Å². The number of unbranched alkanes of at least 4 members (excludes halogenated alkanes) is 2. The van der Waals surface area contributed by atoms with Crippen LogP contribution in [0.15, 0.2) is 0 Å². The monoisotopic (exact) mass is 518 g/mol. The average Bonchev–Trinajstić information content (AvgIpc) is 2.89. The second-order valence-electron chi connectivity index (χ2n) is 9.47. The van der Waals surface area contributed by atoms with Crippen LogP contribution in [0.25, 0.3) is 0 Å². The SMILES string of the molecule is CCCCOC(CC)COC(CC)CCCOC(=O)OCCCC(CC)OCC(CC)OCCCC. The van der Waals surface area contributed by atoms with Gasteiger partial charge in [-0.1, -0.05) is 54.4 Å². The first-order chi connectivity index (χ1) is 17.5. The Hall–Kier alpha value is -0.890. The lowest BCUT2D eigenvalue weighted by Gasteiger charge is -2.21. The Morgan fingerprint density at radius 2 is 0.889 bits per heavy atom. The van der Waals surface area contributed by atoms with E-state index in [4.69, 9.17) is 28.4 Å². The third kappa shape index (κ3) is 20.2. The van der Waals surface area contributed by atoms with Crippen molar-refractivity contribution >= 4 is 6.16 Å². The highest BCUT2D eigenvalue weighted by Crippen LogP contribution is 2.12. The summed E-state index contributed by atoms with van der Waals surface area (Å²) >= 11 is 0. The molecule has 0 aliphatic rings. The molecule has 0 heterocycles. The number of rotatable bonds is 26. The molecule has 0 aromatic carbocycles.